The predicted octanol–water partition coefficient (Wildman–Crippen LogP) is 3.31. The van der Waals surface area contributed by atoms with E-state index >= 15 is 0 Å². The SMILES string of the molecule is CC=C(C)CN1CCC2(CCCN(CC(C)(C)C)C2=O)C1. The Balaban J connectivity index is 2.04. The molecule has 0 aromatic carbocycles. The molecule has 3 heteroatoms. The zero-order chi connectivity index (χ0) is 15.7. The Hall–Kier alpha value is -0.830. The Morgan fingerprint density at radius 3 is 2.62 bits per heavy atom. The van der Waals surface area contributed by atoms with Gasteiger partial charge in [0.05, 0.1) is 5.41 Å². The van der Waals surface area contributed by atoms with Crippen LogP contribution in [0.1, 0.15) is 53.9 Å². The number of nitrogens with zero attached hydrogens (tertiary/aromatic N) is 2. The average Bonchev–Trinajstić information content (AvgIpc) is 2.78. The number of likely N-dealkylation sites (tertiary alicyclic amines) is 2. The molecule has 120 valence electrons. The number of amides is 1. The average molecular weight is 292 g/mol. The Morgan fingerprint density at radius 1 is 1.29 bits per heavy atom. The number of hydrogen-bond donors (Lipinski definition) is 0. The fourth-order valence-corrected chi connectivity index (χ4v) is 3.79. The molecule has 0 aliphatic carbocycles. The first kappa shape index (κ1) is 16.5. The van der Waals surface area contributed by atoms with Crippen molar-refractivity contribution in [2.45, 2.75) is 53.9 Å². The molecule has 1 atom stereocenters. The highest BCUT2D eigenvalue weighted by molar-refractivity contribution is 5.84. The van der Waals surface area contributed by atoms with Crippen LogP contribution >= 0.6 is 0 Å². The number of rotatable bonds is 3. The van der Waals surface area contributed by atoms with E-state index in [-0.39, 0.29) is 10.8 Å². The normalized spacial score (nSPS) is 28.7. The van der Waals surface area contributed by atoms with Gasteiger partial charge in [0.1, 0.15) is 0 Å². The fraction of sp³-hybridized carbons (Fsp3) is 0.833. The molecule has 0 bridgehead atoms. The Morgan fingerprint density at radius 2 is 2.00 bits per heavy atom. The van der Waals surface area contributed by atoms with E-state index in [2.05, 4.69) is 50.5 Å². The monoisotopic (exact) mass is 292 g/mol. The summed E-state index contributed by atoms with van der Waals surface area (Å²) in [4.78, 5) is 17.6. The summed E-state index contributed by atoms with van der Waals surface area (Å²) in [5.41, 5.74) is 1.51. The van der Waals surface area contributed by atoms with E-state index in [9.17, 15) is 4.79 Å². The van der Waals surface area contributed by atoms with Crippen molar-refractivity contribution < 1.29 is 4.79 Å². The fourth-order valence-electron chi connectivity index (χ4n) is 3.79. The molecule has 2 aliphatic heterocycles. The molecule has 0 saturated carbocycles. The minimum Gasteiger partial charge on any atom is -0.342 e. The summed E-state index contributed by atoms with van der Waals surface area (Å²) in [6.45, 7) is 15.8. The van der Waals surface area contributed by atoms with E-state index in [4.69, 9.17) is 0 Å². The number of carbonyl (C=O) groups excluding carboxylic acids is 1. The van der Waals surface area contributed by atoms with Gasteiger partial charge in [-0.1, -0.05) is 32.4 Å². The molecule has 0 aromatic rings. The van der Waals surface area contributed by atoms with Crippen molar-refractivity contribution in [2.24, 2.45) is 10.8 Å². The highest BCUT2D eigenvalue weighted by atomic mass is 16.2. The summed E-state index contributed by atoms with van der Waals surface area (Å²) >= 11 is 0. The summed E-state index contributed by atoms with van der Waals surface area (Å²) in [6.07, 6.45) is 5.47. The molecule has 2 saturated heterocycles. The summed E-state index contributed by atoms with van der Waals surface area (Å²) in [6, 6.07) is 0. The van der Waals surface area contributed by atoms with Gasteiger partial charge in [0, 0.05) is 26.2 Å². The van der Waals surface area contributed by atoms with Gasteiger partial charge in [0.15, 0.2) is 0 Å². The van der Waals surface area contributed by atoms with Crippen LogP contribution in [0.5, 0.6) is 0 Å². The molecule has 3 nitrogen and oxygen atoms in total. The first-order valence-electron chi connectivity index (χ1n) is 8.39. The number of carbonyl (C=O) groups is 1. The van der Waals surface area contributed by atoms with Gasteiger partial charge in [-0.05, 0) is 45.1 Å². The van der Waals surface area contributed by atoms with Gasteiger partial charge in [-0.3, -0.25) is 9.69 Å². The zero-order valence-electron chi connectivity index (χ0n) is 14.5. The molecule has 2 fully saturated rings. The third-order valence-electron chi connectivity index (χ3n) is 4.89. The largest absolute Gasteiger partial charge is 0.342 e. The second-order valence-electron chi connectivity index (χ2n) is 8.27. The predicted molar refractivity (Wildman–Crippen MR) is 88.2 cm³/mol. The summed E-state index contributed by atoms with van der Waals surface area (Å²) < 4.78 is 0. The van der Waals surface area contributed by atoms with Gasteiger partial charge in [-0.15, -0.1) is 0 Å². The van der Waals surface area contributed by atoms with Crippen molar-refractivity contribution in [3.05, 3.63) is 11.6 Å². The molecule has 1 unspecified atom stereocenters. The summed E-state index contributed by atoms with van der Waals surface area (Å²) in [5.74, 6) is 0.421. The van der Waals surface area contributed by atoms with Crippen molar-refractivity contribution in [1.29, 1.82) is 0 Å². The van der Waals surface area contributed by atoms with Gasteiger partial charge >= 0.3 is 0 Å². The zero-order valence-corrected chi connectivity index (χ0v) is 14.5. The smallest absolute Gasteiger partial charge is 0.230 e. The van der Waals surface area contributed by atoms with E-state index in [0.29, 0.717) is 5.91 Å². The quantitative estimate of drug-likeness (QED) is 0.745. The third kappa shape index (κ3) is 3.88. The highest BCUT2D eigenvalue weighted by Crippen LogP contribution is 2.40. The van der Waals surface area contributed by atoms with Gasteiger partial charge in [-0.2, -0.15) is 0 Å². The van der Waals surface area contributed by atoms with Crippen LogP contribution in [-0.4, -0.2) is 48.4 Å². The topological polar surface area (TPSA) is 23.6 Å². The van der Waals surface area contributed by atoms with Crippen LogP contribution in [-0.2, 0) is 4.79 Å². The molecule has 2 heterocycles. The Bertz CT molecular complexity index is 421. The maximum atomic E-state index is 13.0. The lowest BCUT2D eigenvalue weighted by molar-refractivity contribution is -0.147. The second kappa shape index (κ2) is 6.12. The molecule has 21 heavy (non-hydrogen) atoms. The lowest BCUT2D eigenvalue weighted by Gasteiger charge is -2.42. The Kier molecular flexibility index (Phi) is 4.82. The molecule has 0 radical (unpaired) electrons. The molecular formula is C18H32N2O. The van der Waals surface area contributed by atoms with Crippen LogP contribution in [0.25, 0.3) is 0 Å². The maximum Gasteiger partial charge on any atom is 0.230 e. The molecule has 1 amide bonds. The van der Waals surface area contributed by atoms with Gasteiger partial charge in [0.25, 0.3) is 0 Å². The number of allylic oxidation sites excluding steroid dienone is 1. The van der Waals surface area contributed by atoms with Crippen LogP contribution < -0.4 is 0 Å². The standard InChI is InChI=1S/C18H32N2O/c1-6-15(2)12-19-11-9-18(14-19)8-7-10-20(16(18)21)13-17(3,4)5/h6H,7-14H2,1-5H3. The summed E-state index contributed by atoms with van der Waals surface area (Å²) in [5, 5.41) is 0. The Labute approximate surface area is 130 Å². The van der Waals surface area contributed by atoms with Gasteiger partial charge in [0.2, 0.25) is 5.91 Å². The molecule has 1 spiro atoms. The maximum absolute atomic E-state index is 13.0. The van der Waals surface area contributed by atoms with Gasteiger partial charge < -0.3 is 4.90 Å². The third-order valence-corrected chi connectivity index (χ3v) is 4.89. The summed E-state index contributed by atoms with van der Waals surface area (Å²) in [7, 11) is 0. The second-order valence-corrected chi connectivity index (χ2v) is 8.27. The highest BCUT2D eigenvalue weighted by Gasteiger charge is 2.48. The van der Waals surface area contributed by atoms with Crippen LogP contribution in [0.4, 0.5) is 0 Å². The molecule has 2 aliphatic rings. The molecule has 0 N–H and O–H groups in total. The number of hydrogen-bond acceptors (Lipinski definition) is 2. The minimum absolute atomic E-state index is 0.0858. The van der Waals surface area contributed by atoms with Crippen molar-refractivity contribution >= 4 is 5.91 Å². The van der Waals surface area contributed by atoms with Crippen molar-refractivity contribution in [3.8, 4) is 0 Å². The van der Waals surface area contributed by atoms with Crippen molar-refractivity contribution in [2.75, 3.05) is 32.7 Å². The van der Waals surface area contributed by atoms with Crippen LogP contribution in [0.3, 0.4) is 0 Å². The van der Waals surface area contributed by atoms with E-state index in [1.54, 1.807) is 0 Å². The van der Waals surface area contributed by atoms with E-state index in [1.165, 1.54) is 5.57 Å². The van der Waals surface area contributed by atoms with E-state index in [1.807, 2.05) is 0 Å². The van der Waals surface area contributed by atoms with E-state index < -0.39 is 0 Å². The lowest BCUT2D eigenvalue weighted by Crippen LogP contribution is -2.52. The van der Waals surface area contributed by atoms with Crippen LogP contribution in [0.2, 0.25) is 0 Å². The van der Waals surface area contributed by atoms with Crippen molar-refractivity contribution in [1.82, 2.24) is 9.80 Å². The van der Waals surface area contributed by atoms with Crippen molar-refractivity contribution in [3.63, 3.8) is 0 Å². The van der Waals surface area contributed by atoms with E-state index in [0.717, 1.165) is 52.0 Å². The van der Waals surface area contributed by atoms with Gasteiger partial charge in [-0.25, -0.2) is 0 Å². The molecular weight excluding hydrogens is 260 g/mol. The number of piperidine rings is 1. The van der Waals surface area contributed by atoms with Crippen LogP contribution in [0.15, 0.2) is 11.6 Å². The minimum atomic E-state index is -0.0858. The first-order valence-corrected chi connectivity index (χ1v) is 8.39. The lowest BCUT2D eigenvalue weighted by atomic mass is 9.77. The molecule has 0 aromatic heterocycles. The molecule has 2 rings (SSSR count). The first-order chi connectivity index (χ1) is 9.76. The van der Waals surface area contributed by atoms with Crippen LogP contribution in [0, 0.1) is 10.8 Å².